The number of halogens is 2. The lowest BCUT2D eigenvalue weighted by Gasteiger charge is -2.22. The Balaban J connectivity index is 1.44. The van der Waals surface area contributed by atoms with E-state index in [0.29, 0.717) is 30.2 Å². The molecule has 0 spiro atoms. The molecule has 2 heterocycles. The van der Waals surface area contributed by atoms with Gasteiger partial charge in [-0.1, -0.05) is 24.3 Å². The molecule has 1 unspecified atom stereocenters. The van der Waals surface area contributed by atoms with Crippen LogP contribution >= 0.6 is 11.8 Å². The molecule has 164 valence electrons. The predicted molar refractivity (Wildman–Crippen MR) is 118 cm³/mol. The van der Waals surface area contributed by atoms with Gasteiger partial charge in [-0.25, -0.2) is 13.5 Å². The zero-order chi connectivity index (χ0) is 22.2. The molecule has 5 rings (SSSR count). The summed E-state index contributed by atoms with van der Waals surface area (Å²) in [5.41, 5.74) is 2.27. The molecule has 1 N–H and O–H groups in total. The topological polar surface area (TPSA) is 67.2 Å². The quantitative estimate of drug-likeness (QED) is 0.651. The Morgan fingerprint density at radius 3 is 2.56 bits per heavy atom. The molecule has 3 aromatic rings. The third-order valence-electron chi connectivity index (χ3n) is 5.79. The number of fused-ring (bicyclic) bond motifs is 1. The number of benzene rings is 2. The van der Waals surface area contributed by atoms with E-state index in [4.69, 9.17) is 0 Å². The van der Waals surface area contributed by atoms with Crippen LogP contribution in [0.15, 0.2) is 48.5 Å². The number of carbonyl (C=O) groups excluding carboxylic acids is 2. The summed E-state index contributed by atoms with van der Waals surface area (Å²) in [5, 5.41) is 7.07. The van der Waals surface area contributed by atoms with Crippen LogP contribution in [0.25, 0.3) is 5.69 Å². The first-order valence-electron chi connectivity index (χ1n) is 10.3. The summed E-state index contributed by atoms with van der Waals surface area (Å²) in [6, 6.07) is 11.5. The van der Waals surface area contributed by atoms with Crippen LogP contribution < -0.4 is 5.32 Å². The lowest BCUT2D eigenvalue weighted by molar-refractivity contribution is -0.119. The van der Waals surface area contributed by atoms with Crippen molar-refractivity contribution in [2.45, 2.75) is 25.3 Å². The molecule has 1 saturated heterocycles. The number of nitrogens with zero attached hydrogens (tertiary/aromatic N) is 3. The van der Waals surface area contributed by atoms with E-state index in [1.807, 2.05) is 0 Å². The minimum atomic E-state index is -0.747. The molecule has 1 aliphatic carbocycles. The molecule has 1 fully saturated rings. The van der Waals surface area contributed by atoms with Crippen molar-refractivity contribution in [1.82, 2.24) is 14.7 Å². The number of anilines is 1. The first kappa shape index (κ1) is 20.7. The molecular weight excluding hydrogens is 434 g/mol. The highest BCUT2D eigenvalue weighted by Gasteiger charge is 2.38. The molecule has 1 atom stereocenters. The summed E-state index contributed by atoms with van der Waals surface area (Å²) >= 11 is 1.45. The number of thioether (sulfide) groups is 1. The minimum absolute atomic E-state index is 0.0755. The van der Waals surface area contributed by atoms with Gasteiger partial charge < -0.3 is 10.2 Å². The number of para-hydroxylation sites is 2. The Hall–Kier alpha value is -3.20. The standard InChI is InChI=1S/C23H20F2N4O2S/c24-15-7-1-3-9-17(15)26-22(30)20-12-32-13-28(20)23(31)21-14-6-5-11-18(14)29(27-21)19-10-4-2-8-16(19)25/h1-4,7-10,20H,5-6,11-13H2,(H,26,30). The fraction of sp³-hybridized carbons (Fsp3) is 0.261. The van der Waals surface area contributed by atoms with Crippen LogP contribution in [0.5, 0.6) is 0 Å². The van der Waals surface area contributed by atoms with Gasteiger partial charge in [0.15, 0.2) is 5.69 Å². The van der Waals surface area contributed by atoms with Gasteiger partial charge in [-0.05, 0) is 43.5 Å². The normalized spacial score (nSPS) is 17.4. The summed E-state index contributed by atoms with van der Waals surface area (Å²) in [6.07, 6.45) is 2.24. The summed E-state index contributed by atoms with van der Waals surface area (Å²) in [7, 11) is 0. The average Bonchev–Trinajstić information content (AvgIpc) is 3.52. The molecule has 0 bridgehead atoms. The fourth-order valence-corrected chi connectivity index (χ4v) is 5.36. The molecule has 6 nitrogen and oxygen atoms in total. The van der Waals surface area contributed by atoms with Gasteiger partial charge in [-0.2, -0.15) is 5.10 Å². The average molecular weight is 455 g/mol. The van der Waals surface area contributed by atoms with Crippen LogP contribution in [0.4, 0.5) is 14.5 Å². The highest BCUT2D eigenvalue weighted by molar-refractivity contribution is 7.99. The van der Waals surface area contributed by atoms with E-state index < -0.39 is 23.6 Å². The lowest BCUT2D eigenvalue weighted by atomic mass is 10.1. The van der Waals surface area contributed by atoms with Crippen molar-refractivity contribution in [3.8, 4) is 5.69 Å². The maximum Gasteiger partial charge on any atom is 0.276 e. The van der Waals surface area contributed by atoms with Gasteiger partial charge in [-0.3, -0.25) is 9.59 Å². The number of amides is 2. The van der Waals surface area contributed by atoms with Crippen molar-refractivity contribution in [3.05, 3.63) is 77.1 Å². The molecule has 1 aromatic heterocycles. The van der Waals surface area contributed by atoms with E-state index in [9.17, 15) is 18.4 Å². The Kier molecular flexibility index (Phi) is 5.42. The van der Waals surface area contributed by atoms with Crippen molar-refractivity contribution in [2.75, 3.05) is 16.9 Å². The van der Waals surface area contributed by atoms with E-state index in [0.717, 1.165) is 17.7 Å². The van der Waals surface area contributed by atoms with Gasteiger partial charge in [-0.15, -0.1) is 11.8 Å². The number of nitrogens with one attached hydrogen (secondary N) is 1. The number of hydrogen-bond donors (Lipinski definition) is 1. The molecular formula is C23H20F2N4O2S. The van der Waals surface area contributed by atoms with Crippen LogP contribution in [-0.2, 0) is 17.6 Å². The molecule has 2 aromatic carbocycles. The van der Waals surface area contributed by atoms with Crippen molar-refractivity contribution in [3.63, 3.8) is 0 Å². The fourth-order valence-electron chi connectivity index (χ4n) is 4.21. The summed E-state index contributed by atoms with van der Waals surface area (Å²) in [6.45, 7) is 0. The third kappa shape index (κ3) is 3.56. The minimum Gasteiger partial charge on any atom is -0.322 e. The monoisotopic (exact) mass is 454 g/mol. The Bertz CT molecular complexity index is 1210. The second kappa shape index (κ2) is 8.38. The van der Waals surface area contributed by atoms with Gasteiger partial charge in [0.05, 0.1) is 11.6 Å². The zero-order valence-corrected chi connectivity index (χ0v) is 17.9. The third-order valence-corrected chi connectivity index (χ3v) is 6.80. The van der Waals surface area contributed by atoms with E-state index in [1.54, 1.807) is 30.3 Å². The van der Waals surface area contributed by atoms with Crippen molar-refractivity contribution < 1.29 is 18.4 Å². The molecule has 9 heteroatoms. The predicted octanol–water partition coefficient (Wildman–Crippen LogP) is 3.79. The Labute approximate surface area is 187 Å². The van der Waals surface area contributed by atoms with Crippen molar-refractivity contribution in [2.24, 2.45) is 0 Å². The number of hydrogen-bond acceptors (Lipinski definition) is 4. The maximum absolute atomic E-state index is 14.4. The highest BCUT2D eigenvalue weighted by Crippen LogP contribution is 2.32. The first-order chi connectivity index (χ1) is 15.5. The van der Waals surface area contributed by atoms with Crippen molar-refractivity contribution >= 4 is 29.3 Å². The zero-order valence-electron chi connectivity index (χ0n) is 17.1. The highest BCUT2D eigenvalue weighted by atomic mass is 32.2. The summed E-state index contributed by atoms with van der Waals surface area (Å²) in [4.78, 5) is 27.8. The molecule has 1 aliphatic heterocycles. The first-order valence-corrected chi connectivity index (χ1v) is 11.5. The van der Waals surface area contributed by atoms with Gasteiger partial charge in [0, 0.05) is 17.0 Å². The Morgan fingerprint density at radius 2 is 1.78 bits per heavy atom. The second-order valence-electron chi connectivity index (χ2n) is 7.75. The van der Waals surface area contributed by atoms with Crippen LogP contribution in [0, 0.1) is 11.6 Å². The largest absolute Gasteiger partial charge is 0.322 e. The molecule has 0 radical (unpaired) electrons. The van der Waals surface area contributed by atoms with Gasteiger partial charge in [0.1, 0.15) is 23.4 Å². The lowest BCUT2D eigenvalue weighted by Crippen LogP contribution is -2.45. The van der Waals surface area contributed by atoms with Crippen LogP contribution in [-0.4, -0.2) is 44.2 Å². The Morgan fingerprint density at radius 1 is 1.03 bits per heavy atom. The van der Waals surface area contributed by atoms with E-state index in [1.165, 1.54) is 39.5 Å². The second-order valence-corrected chi connectivity index (χ2v) is 8.75. The van der Waals surface area contributed by atoms with E-state index in [2.05, 4.69) is 10.4 Å². The van der Waals surface area contributed by atoms with Gasteiger partial charge >= 0.3 is 0 Å². The number of aromatic nitrogens is 2. The summed E-state index contributed by atoms with van der Waals surface area (Å²) in [5.74, 6) is -1.03. The number of rotatable bonds is 4. The van der Waals surface area contributed by atoms with E-state index in [-0.39, 0.29) is 17.3 Å². The molecule has 32 heavy (non-hydrogen) atoms. The van der Waals surface area contributed by atoms with Gasteiger partial charge in [0.2, 0.25) is 5.91 Å². The molecule has 0 saturated carbocycles. The van der Waals surface area contributed by atoms with Crippen LogP contribution in [0.3, 0.4) is 0 Å². The van der Waals surface area contributed by atoms with Gasteiger partial charge in [0.25, 0.3) is 5.91 Å². The molecule has 2 amide bonds. The smallest absolute Gasteiger partial charge is 0.276 e. The van der Waals surface area contributed by atoms with Crippen LogP contribution in [0.1, 0.15) is 28.2 Å². The SMILES string of the molecule is O=C(Nc1ccccc1F)C1CSCN1C(=O)c1nn(-c2ccccc2F)c2c1CCC2. The van der Waals surface area contributed by atoms with Crippen molar-refractivity contribution in [1.29, 1.82) is 0 Å². The maximum atomic E-state index is 14.4. The van der Waals surface area contributed by atoms with E-state index >= 15 is 0 Å². The summed E-state index contributed by atoms with van der Waals surface area (Å²) < 4.78 is 29.9. The number of carbonyl (C=O) groups is 2. The molecule has 2 aliphatic rings. The van der Waals surface area contributed by atoms with Crippen LogP contribution in [0.2, 0.25) is 0 Å².